The van der Waals surface area contributed by atoms with Crippen LogP contribution >= 0.6 is 22.9 Å². The molecule has 5 rings (SSSR count). The van der Waals surface area contributed by atoms with Crippen molar-refractivity contribution < 1.29 is 9.90 Å². The number of nitrogens with zero attached hydrogens (tertiary/aromatic N) is 3. The van der Waals surface area contributed by atoms with Gasteiger partial charge in [-0.15, -0.1) is 11.3 Å². The van der Waals surface area contributed by atoms with Crippen LogP contribution in [0.1, 0.15) is 22.3 Å². The summed E-state index contributed by atoms with van der Waals surface area (Å²) in [6.07, 6.45) is 0. The van der Waals surface area contributed by atoms with Crippen molar-refractivity contribution in [3.63, 3.8) is 0 Å². The van der Waals surface area contributed by atoms with Crippen molar-refractivity contribution in [2.75, 3.05) is 11.9 Å². The van der Waals surface area contributed by atoms with Crippen LogP contribution in [0.4, 0.5) is 5.69 Å². The molecule has 3 N–H and O–H groups in total. The van der Waals surface area contributed by atoms with E-state index in [1.807, 2.05) is 31.2 Å². The van der Waals surface area contributed by atoms with Crippen LogP contribution in [0.25, 0.3) is 32.4 Å². The van der Waals surface area contributed by atoms with Crippen molar-refractivity contribution in [3.05, 3.63) is 46.2 Å². The Morgan fingerprint density at radius 3 is 2.90 bits per heavy atom. The van der Waals surface area contributed by atoms with E-state index >= 15 is 0 Å². The number of aromatic nitrogens is 3. The molecule has 0 saturated heterocycles. The van der Waals surface area contributed by atoms with Gasteiger partial charge in [0.1, 0.15) is 4.88 Å². The van der Waals surface area contributed by atoms with Gasteiger partial charge >= 0.3 is 0 Å². The number of anilines is 1. The summed E-state index contributed by atoms with van der Waals surface area (Å²) < 4.78 is 1.03. The molecule has 1 aliphatic heterocycles. The Hall–Kier alpha value is -2.81. The average Bonchev–Trinajstić information content (AvgIpc) is 3.04. The van der Waals surface area contributed by atoms with E-state index in [4.69, 9.17) is 16.6 Å². The highest BCUT2D eigenvalue weighted by Crippen LogP contribution is 2.41. The van der Waals surface area contributed by atoms with Crippen LogP contribution in [0.15, 0.2) is 30.3 Å². The number of hydrogen-bond acceptors (Lipinski definition) is 7. The van der Waals surface area contributed by atoms with Crippen molar-refractivity contribution in [1.82, 2.24) is 20.3 Å². The van der Waals surface area contributed by atoms with Gasteiger partial charge in [0, 0.05) is 28.1 Å². The lowest BCUT2D eigenvalue weighted by Gasteiger charge is -2.10. The molecule has 4 aromatic rings. The minimum absolute atomic E-state index is 0.0522. The van der Waals surface area contributed by atoms with E-state index < -0.39 is 0 Å². The predicted octanol–water partition coefficient (Wildman–Crippen LogP) is 3.60. The fourth-order valence-electron chi connectivity index (χ4n) is 3.55. The van der Waals surface area contributed by atoms with Gasteiger partial charge in [0.15, 0.2) is 0 Å². The van der Waals surface area contributed by atoms with Gasteiger partial charge in [-0.25, -0.2) is 15.0 Å². The molecule has 1 aliphatic rings. The highest BCUT2D eigenvalue weighted by molar-refractivity contribution is 7.21. The Morgan fingerprint density at radius 2 is 2.07 bits per heavy atom. The molecule has 1 aromatic carbocycles. The Morgan fingerprint density at radius 1 is 1.21 bits per heavy atom. The standard InChI is InChI=1S/C20H16ClN5O2S/c1-9-7-22-17-16-11-2-3-13(14-6-10(8-27)24-20(21)26-14)25-12(11)4-5-15(16)29-18(17)19(28)23-9/h2-6,9,22,27H,7-8H2,1H3,(H,23,28)/t9-/m1/s1. The molecule has 0 fully saturated rings. The summed E-state index contributed by atoms with van der Waals surface area (Å²) in [7, 11) is 0. The van der Waals surface area contributed by atoms with Crippen LogP contribution in [0.3, 0.4) is 0 Å². The van der Waals surface area contributed by atoms with Crippen molar-refractivity contribution in [3.8, 4) is 11.4 Å². The first-order valence-corrected chi connectivity index (χ1v) is 10.3. The smallest absolute Gasteiger partial charge is 0.263 e. The second-order valence-corrected chi connectivity index (χ2v) is 8.33. The number of aliphatic hydroxyl groups is 1. The summed E-state index contributed by atoms with van der Waals surface area (Å²) in [5.74, 6) is -0.0522. The van der Waals surface area contributed by atoms with Gasteiger partial charge in [0.25, 0.3) is 5.91 Å². The van der Waals surface area contributed by atoms with Crippen molar-refractivity contribution in [1.29, 1.82) is 0 Å². The quantitative estimate of drug-likeness (QED) is 0.424. The zero-order valence-electron chi connectivity index (χ0n) is 15.4. The maximum Gasteiger partial charge on any atom is 0.263 e. The molecule has 0 spiro atoms. The predicted molar refractivity (Wildman–Crippen MR) is 115 cm³/mol. The molecule has 0 bridgehead atoms. The third-order valence-electron chi connectivity index (χ3n) is 4.87. The first-order chi connectivity index (χ1) is 14.0. The monoisotopic (exact) mass is 425 g/mol. The van der Waals surface area contributed by atoms with E-state index in [1.54, 1.807) is 6.07 Å². The Bertz CT molecular complexity index is 1290. The molecule has 0 radical (unpaired) electrons. The molecule has 0 aliphatic carbocycles. The first kappa shape index (κ1) is 18.2. The number of rotatable bonds is 2. The highest BCUT2D eigenvalue weighted by atomic mass is 35.5. The number of carbonyl (C=O) groups excluding carboxylic acids is 1. The molecular weight excluding hydrogens is 410 g/mol. The van der Waals surface area contributed by atoms with Crippen molar-refractivity contribution in [2.24, 2.45) is 0 Å². The summed E-state index contributed by atoms with van der Waals surface area (Å²) in [5.41, 5.74) is 3.27. The van der Waals surface area contributed by atoms with E-state index in [9.17, 15) is 9.90 Å². The van der Waals surface area contributed by atoms with E-state index in [0.29, 0.717) is 28.5 Å². The van der Waals surface area contributed by atoms with Crippen LogP contribution in [0.5, 0.6) is 0 Å². The van der Waals surface area contributed by atoms with Crippen molar-refractivity contribution >= 4 is 55.5 Å². The summed E-state index contributed by atoms with van der Waals surface area (Å²) in [5, 5.41) is 17.8. The zero-order chi connectivity index (χ0) is 20.1. The molecule has 9 heteroatoms. The molecule has 146 valence electrons. The number of amides is 1. The fourth-order valence-corrected chi connectivity index (χ4v) is 4.84. The van der Waals surface area contributed by atoms with E-state index in [2.05, 4.69) is 20.6 Å². The summed E-state index contributed by atoms with van der Waals surface area (Å²) in [6, 6.07) is 9.49. The third-order valence-corrected chi connectivity index (χ3v) is 6.19. The largest absolute Gasteiger partial charge is 0.390 e. The topological polar surface area (TPSA) is 100 Å². The molecule has 0 saturated carbocycles. The summed E-state index contributed by atoms with van der Waals surface area (Å²) >= 11 is 7.45. The van der Waals surface area contributed by atoms with Gasteiger partial charge < -0.3 is 15.7 Å². The summed E-state index contributed by atoms with van der Waals surface area (Å²) in [6.45, 7) is 2.41. The van der Waals surface area contributed by atoms with Gasteiger partial charge in [-0.1, -0.05) is 0 Å². The average molecular weight is 426 g/mol. The number of nitrogens with one attached hydrogen (secondary N) is 2. The van der Waals surface area contributed by atoms with Gasteiger partial charge in [0.2, 0.25) is 5.28 Å². The molecular formula is C20H16ClN5O2S. The number of benzene rings is 1. The van der Waals surface area contributed by atoms with Gasteiger partial charge in [0.05, 0.1) is 34.9 Å². The molecule has 29 heavy (non-hydrogen) atoms. The van der Waals surface area contributed by atoms with E-state index in [0.717, 1.165) is 26.7 Å². The Labute approximate surface area is 174 Å². The number of hydrogen-bond donors (Lipinski definition) is 3. The van der Waals surface area contributed by atoms with Gasteiger partial charge in [-0.05, 0) is 48.9 Å². The van der Waals surface area contributed by atoms with Gasteiger partial charge in [-0.2, -0.15) is 0 Å². The number of pyridine rings is 1. The van der Waals surface area contributed by atoms with Crippen LogP contribution in [-0.4, -0.2) is 38.6 Å². The number of fused-ring (bicyclic) bond motifs is 5. The molecule has 7 nitrogen and oxygen atoms in total. The Kier molecular flexibility index (Phi) is 4.34. The fraction of sp³-hybridized carbons (Fsp3) is 0.200. The molecule has 3 aromatic heterocycles. The normalized spacial score (nSPS) is 16.4. The SMILES string of the molecule is C[C@@H]1CNc2c(sc3ccc4nc(-c5cc(CO)nc(Cl)n5)ccc4c23)C(=O)N1. The maximum atomic E-state index is 12.5. The minimum atomic E-state index is -0.226. The van der Waals surface area contributed by atoms with Crippen LogP contribution in [0, 0.1) is 0 Å². The lowest BCUT2D eigenvalue weighted by atomic mass is 10.1. The maximum absolute atomic E-state index is 12.5. The number of thiophene rings is 1. The number of halogens is 1. The molecule has 0 unspecified atom stereocenters. The number of carbonyl (C=O) groups is 1. The number of aliphatic hydroxyl groups excluding tert-OH is 1. The summed E-state index contributed by atoms with van der Waals surface area (Å²) in [4.78, 5) is 26.2. The third kappa shape index (κ3) is 3.09. The molecule has 1 amide bonds. The van der Waals surface area contributed by atoms with Crippen molar-refractivity contribution in [2.45, 2.75) is 19.6 Å². The minimum Gasteiger partial charge on any atom is -0.390 e. The Balaban J connectivity index is 1.70. The molecule has 1 atom stereocenters. The lowest BCUT2D eigenvalue weighted by Crippen LogP contribution is -2.34. The lowest BCUT2D eigenvalue weighted by molar-refractivity contribution is 0.0949. The second-order valence-electron chi connectivity index (χ2n) is 6.94. The second kappa shape index (κ2) is 6.91. The van der Waals surface area contributed by atoms with Crippen LogP contribution in [0.2, 0.25) is 5.28 Å². The van der Waals surface area contributed by atoms with Gasteiger partial charge in [-0.3, -0.25) is 4.79 Å². The highest BCUT2D eigenvalue weighted by Gasteiger charge is 2.24. The molecule has 4 heterocycles. The zero-order valence-corrected chi connectivity index (χ0v) is 16.9. The van der Waals surface area contributed by atoms with E-state index in [-0.39, 0.29) is 23.8 Å². The first-order valence-electron chi connectivity index (χ1n) is 9.09. The van der Waals surface area contributed by atoms with E-state index in [1.165, 1.54) is 11.3 Å². The van der Waals surface area contributed by atoms with Crippen LogP contribution in [-0.2, 0) is 6.61 Å². The van der Waals surface area contributed by atoms with Crippen LogP contribution < -0.4 is 10.6 Å².